The van der Waals surface area contributed by atoms with E-state index in [1.54, 1.807) is 30.3 Å². The fraction of sp³-hybridized carbons (Fsp3) is 0.278. The Bertz CT molecular complexity index is 770. The molecule has 0 spiro atoms. The number of carbonyl (C=O) groups excluding carboxylic acids is 3. The van der Waals surface area contributed by atoms with Crippen molar-refractivity contribution in [1.82, 2.24) is 0 Å². The van der Waals surface area contributed by atoms with E-state index in [-0.39, 0.29) is 18.6 Å². The number of Topliss-reactive ketones (excluding diaryl/α,β-unsaturated/α-hetero) is 1. The maximum atomic E-state index is 12.0. The summed E-state index contributed by atoms with van der Waals surface area (Å²) in [5.74, 6) is -1.13. The molecular weight excluding hydrogens is 362 g/mol. The van der Waals surface area contributed by atoms with Gasteiger partial charge in [0.05, 0.1) is 11.3 Å². The Balaban J connectivity index is 1.78. The van der Waals surface area contributed by atoms with Gasteiger partial charge in [0.2, 0.25) is 0 Å². The summed E-state index contributed by atoms with van der Waals surface area (Å²) in [6, 6.07) is 10.2. The zero-order valence-corrected chi connectivity index (χ0v) is 15.4. The third kappa shape index (κ3) is 5.99. The number of benzene rings is 1. The van der Waals surface area contributed by atoms with Crippen LogP contribution in [0.5, 0.6) is 0 Å². The summed E-state index contributed by atoms with van der Waals surface area (Å²) in [6.45, 7) is 3.39. The first-order valence-electron chi connectivity index (χ1n) is 7.70. The molecule has 0 aliphatic heterocycles. The van der Waals surface area contributed by atoms with Gasteiger partial charge >= 0.3 is 5.97 Å². The third-order valence-corrected chi connectivity index (χ3v) is 4.65. The van der Waals surface area contributed by atoms with Gasteiger partial charge < -0.3 is 10.1 Å². The summed E-state index contributed by atoms with van der Waals surface area (Å²) in [6.07, 6.45) is -0.958. The van der Waals surface area contributed by atoms with Crippen LogP contribution in [0, 0.1) is 6.92 Å². The van der Waals surface area contributed by atoms with Crippen molar-refractivity contribution in [2.45, 2.75) is 32.8 Å². The van der Waals surface area contributed by atoms with Crippen molar-refractivity contribution < 1.29 is 19.1 Å². The van der Waals surface area contributed by atoms with Crippen LogP contribution in [0.3, 0.4) is 0 Å². The van der Waals surface area contributed by atoms with E-state index in [0.29, 0.717) is 15.6 Å². The van der Waals surface area contributed by atoms with Gasteiger partial charge in [-0.3, -0.25) is 14.4 Å². The number of rotatable bonds is 7. The molecule has 7 heteroatoms. The quantitative estimate of drug-likeness (QED) is 0.576. The normalized spacial score (nSPS) is 11.6. The highest BCUT2D eigenvalue weighted by molar-refractivity contribution is 7.14. The van der Waals surface area contributed by atoms with Crippen LogP contribution in [0.4, 0.5) is 5.69 Å². The number of nitrogens with one attached hydrogen (secondary N) is 1. The fourth-order valence-electron chi connectivity index (χ4n) is 2.01. The Morgan fingerprint density at radius 3 is 2.40 bits per heavy atom. The van der Waals surface area contributed by atoms with Gasteiger partial charge in [-0.05, 0) is 50.2 Å². The molecule has 5 nitrogen and oxygen atoms in total. The van der Waals surface area contributed by atoms with Crippen LogP contribution in [0.1, 0.15) is 34.3 Å². The van der Waals surface area contributed by atoms with Crippen molar-refractivity contribution in [2.24, 2.45) is 0 Å². The molecule has 0 saturated heterocycles. The molecule has 0 aliphatic rings. The molecule has 0 fully saturated rings. The van der Waals surface area contributed by atoms with Gasteiger partial charge in [0, 0.05) is 22.0 Å². The van der Waals surface area contributed by atoms with Crippen LogP contribution >= 0.6 is 22.9 Å². The van der Waals surface area contributed by atoms with E-state index in [1.807, 2.05) is 13.0 Å². The van der Waals surface area contributed by atoms with Crippen molar-refractivity contribution in [3.05, 3.63) is 51.2 Å². The second-order valence-electron chi connectivity index (χ2n) is 5.46. The van der Waals surface area contributed by atoms with Gasteiger partial charge in [-0.2, -0.15) is 0 Å². The molecule has 132 valence electrons. The van der Waals surface area contributed by atoms with Crippen LogP contribution in [0.2, 0.25) is 5.02 Å². The number of hydrogen-bond acceptors (Lipinski definition) is 5. The number of ketones is 1. The van der Waals surface area contributed by atoms with Gasteiger partial charge in [-0.1, -0.05) is 11.6 Å². The molecule has 1 aromatic heterocycles. The van der Waals surface area contributed by atoms with Crippen LogP contribution in [0.15, 0.2) is 36.4 Å². The van der Waals surface area contributed by atoms with E-state index in [1.165, 1.54) is 18.3 Å². The highest BCUT2D eigenvalue weighted by Gasteiger charge is 2.19. The number of carbonyl (C=O) groups is 3. The number of ether oxygens (including phenoxy) is 1. The van der Waals surface area contributed by atoms with E-state index in [0.717, 1.165) is 4.88 Å². The lowest BCUT2D eigenvalue weighted by molar-refractivity contribution is -0.153. The van der Waals surface area contributed by atoms with Gasteiger partial charge in [-0.15, -0.1) is 11.3 Å². The number of aryl methyl sites for hydroxylation is 1. The monoisotopic (exact) mass is 379 g/mol. The summed E-state index contributed by atoms with van der Waals surface area (Å²) < 4.78 is 5.07. The number of esters is 1. The zero-order chi connectivity index (χ0) is 18.4. The Labute approximate surface area is 154 Å². The minimum absolute atomic E-state index is 0.0598. The average molecular weight is 380 g/mol. The first-order chi connectivity index (χ1) is 11.8. The van der Waals surface area contributed by atoms with Gasteiger partial charge in [-0.25, -0.2) is 0 Å². The van der Waals surface area contributed by atoms with E-state index < -0.39 is 18.0 Å². The molecule has 1 N–H and O–H groups in total. The Morgan fingerprint density at radius 2 is 1.80 bits per heavy atom. The first-order valence-corrected chi connectivity index (χ1v) is 8.90. The van der Waals surface area contributed by atoms with Crippen molar-refractivity contribution in [3.63, 3.8) is 0 Å². The average Bonchev–Trinajstić information content (AvgIpc) is 3.01. The van der Waals surface area contributed by atoms with Crippen molar-refractivity contribution >= 4 is 46.3 Å². The summed E-state index contributed by atoms with van der Waals surface area (Å²) in [5.41, 5.74) is 0.556. The number of halogens is 1. The minimum Gasteiger partial charge on any atom is -0.453 e. The SMILES string of the molecule is Cc1ccc(C(=O)CCC(=O)O[C@H](C)C(=O)Nc2ccc(Cl)cc2)s1. The van der Waals surface area contributed by atoms with Crippen LogP contribution in [-0.4, -0.2) is 23.8 Å². The number of anilines is 1. The van der Waals surface area contributed by atoms with Gasteiger partial charge in [0.1, 0.15) is 0 Å². The first kappa shape index (κ1) is 19.1. The van der Waals surface area contributed by atoms with Crippen molar-refractivity contribution in [3.8, 4) is 0 Å². The molecule has 25 heavy (non-hydrogen) atoms. The highest BCUT2D eigenvalue weighted by atomic mass is 35.5. The van der Waals surface area contributed by atoms with E-state index in [9.17, 15) is 14.4 Å². The Hall–Kier alpha value is -2.18. The van der Waals surface area contributed by atoms with Gasteiger partial charge in [0.25, 0.3) is 5.91 Å². The molecule has 2 rings (SSSR count). The largest absolute Gasteiger partial charge is 0.453 e. The van der Waals surface area contributed by atoms with Crippen LogP contribution < -0.4 is 5.32 Å². The number of amides is 1. The summed E-state index contributed by atoms with van der Waals surface area (Å²) in [7, 11) is 0. The fourth-order valence-corrected chi connectivity index (χ4v) is 2.97. The Morgan fingerprint density at radius 1 is 1.12 bits per heavy atom. The lowest BCUT2D eigenvalue weighted by atomic mass is 10.2. The molecule has 0 unspecified atom stereocenters. The number of thiophene rings is 1. The molecule has 1 atom stereocenters. The Kier molecular flexibility index (Phi) is 6.73. The predicted octanol–water partition coefficient (Wildman–Crippen LogP) is 4.24. The van der Waals surface area contributed by atoms with E-state index in [4.69, 9.17) is 16.3 Å². The third-order valence-electron chi connectivity index (χ3n) is 3.36. The highest BCUT2D eigenvalue weighted by Crippen LogP contribution is 2.18. The van der Waals surface area contributed by atoms with Crippen LogP contribution in [-0.2, 0) is 14.3 Å². The topological polar surface area (TPSA) is 72.5 Å². The molecule has 0 radical (unpaired) electrons. The summed E-state index contributed by atoms with van der Waals surface area (Å²) >= 11 is 7.17. The summed E-state index contributed by atoms with van der Waals surface area (Å²) in [5, 5.41) is 3.19. The lowest BCUT2D eigenvalue weighted by Crippen LogP contribution is -2.30. The molecule has 0 aliphatic carbocycles. The second kappa shape index (κ2) is 8.78. The van der Waals surface area contributed by atoms with Crippen molar-refractivity contribution in [2.75, 3.05) is 5.32 Å². The summed E-state index contributed by atoms with van der Waals surface area (Å²) in [4.78, 5) is 37.5. The number of hydrogen-bond donors (Lipinski definition) is 1. The van der Waals surface area contributed by atoms with E-state index in [2.05, 4.69) is 5.32 Å². The predicted molar refractivity (Wildman–Crippen MR) is 98.3 cm³/mol. The van der Waals surface area contributed by atoms with E-state index >= 15 is 0 Å². The maximum Gasteiger partial charge on any atom is 0.307 e. The smallest absolute Gasteiger partial charge is 0.307 e. The maximum absolute atomic E-state index is 12.0. The lowest BCUT2D eigenvalue weighted by Gasteiger charge is -2.13. The minimum atomic E-state index is -0.956. The molecule has 0 bridgehead atoms. The molecule has 2 aromatic rings. The molecule has 1 amide bonds. The molecule has 0 saturated carbocycles. The standard InChI is InChI=1S/C18H18ClNO4S/c1-11-3-9-16(25-11)15(21)8-10-17(22)24-12(2)18(23)20-14-6-4-13(19)5-7-14/h3-7,9,12H,8,10H2,1-2H3,(H,20,23)/t12-/m1/s1. The van der Waals surface area contributed by atoms with Crippen LogP contribution in [0.25, 0.3) is 0 Å². The van der Waals surface area contributed by atoms with Crippen molar-refractivity contribution in [1.29, 1.82) is 0 Å². The molecule has 1 heterocycles. The van der Waals surface area contributed by atoms with Gasteiger partial charge in [0.15, 0.2) is 11.9 Å². The zero-order valence-electron chi connectivity index (χ0n) is 13.9. The molecule has 1 aromatic carbocycles. The second-order valence-corrected chi connectivity index (χ2v) is 7.19. The molecular formula is C18H18ClNO4S.